The molecule has 10 heteroatoms. The van der Waals surface area contributed by atoms with E-state index in [1.165, 1.54) is 43.6 Å². The first kappa shape index (κ1) is 26.4. The molecule has 0 fully saturated rings. The molecule has 8 nitrogen and oxygen atoms in total. The van der Waals surface area contributed by atoms with Crippen LogP contribution in [0.15, 0.2) is 72.9 Å². The third kappa shape index (κ3) is 7.16. The minimum absolute atomic E-state index is 0.138. The van der Waals surface area contributed by atoms with Crippen molar-refractivity contribution in [2.24, 2.45) is 0 Å². The SMILES string of the molecule is COCCNC(=O)[C@@H](c1ccc(F)cc1)N(C(=O)CCC(=O)Nc1ccccn1)c1ccccc1F. The van der Waals surface area contributed by atoms with Crippen LogP contribution in [0, 0.1) is 11.6 Å². The number of nitrogens with one attached hydrogen (secondary N) is 2. The van der Waals surface area contributed by atoms with Crippen molar-refractivity contribution < 1.29 is 27.9 Å². The molecule has 0 saturated carbocycles. The quantitative estimate of drug-likeness (QED) is 0.395. The largest absolute Gasteiger partial charge is 0.383 e. The minimum Gasteiger partial charge on any atom is -0.383 e. The molecular formula is C26H26F2N4O4. The normalized spacial score (nSPS) is 11.4. The second-order valence-electron chi connectivity index (χ2n) is 7.72. The monoisotopic (exact) mass is 496 g/mol. The van der Waals surface area contributed by atoms with Crippen molar-refractivity contribution in [3.63, 3.8) is 0 Å². The molecule has 0 unspecified atom stereocenters. The van der Waals surface area contributed by atoms with E-state index in [0.717, 1.165) is 23.1 Å². The molecule has 188 valence electrons. The fraction of sp³-hybridized carbons (Fsp3) is 0.231. The molecule has 36 heavy (non-hydrogen) atoms. The number of hydrogen-bond acceptors (Lipinski definition) is 5. The van der Waals surface area contributed by atoms with Crippen LogP contribution >= 0.6 is 0 Å². The Morgan fingerprint density at radius 2 is 1.69 bits per heavy atom. The third-order valence-electron chi connectivity index (χ3n) is 5.18. The maximum Gasteiger partial charge on any atom is 0.247 e. The molecule has 0 bridgehead atoms. The second kappa shape index (κ2) is 13.1. The highest BCUT2D eigenvalue weighted by Crippen LogP contribution is 2.31. The molecule has 2 aromatic carbocycles. The molecule has 0 saturated heterocycles. The van der Waals surface area contributed by atoms with Crippen molar-refractivity contribution in [1.29, 1.82) is 0 Å². The van der Waals surface area contributed by atoms with Gasteiger partial charge >= 0.3 is 0 Å². The number of nitrogens with zero attached hydrogens (tertiary/aromatic N) is 2. The number of hydrogen-bond donors (Lipinski definition) is 2. The van der Waals surface area contributed by atoms with Crippen LogP contribution in [0.5, 0.6) is 0 Å². The zero-order valence-electron chi connectivity index (χ0n) is 19.6. The summed E-state index contributed by atoms with van der Waals surface area (Å²) >= 11 is 0. The Balaban J connectivity index is 1.91. The highest BCUT2D eigenvalue weighted by Gasteiger charge is 2.34. The number of rotatable bonds is 11. The fourth-order valence-corrected chi connectivity index (χ4v) is 3.48. The highest BCUT2D eigenvalue weighted by molar-refractivity contribution is 6.03. The smallest absolute Gasteiger partial charge is 0.247 e. The lowest BCUT2D eigenvalue weighted by molar-refractivity contribution is -0.127. The minimum atomic E-state index is -1.33. The van der Waals surface area contributed by atoms with E-state index in [0.29, 0.717) is 5.82 Å². The van der Waals surface area contributed by atoms with Crippen molar-refractivity contribution >= 4 is 29.2 Å². The van der Waals surface area contributed by atoms with Crippen LogP contribution in [0.2, 0.25) is 0 Å². The molecule has 0 spiro atoms. The van der Waals surface area contributed by atoms with Gasteiger partial charge < -0.3 is 15.4 Å². The van der Waals surface area contributed by atoms with E-state index in [-0.39, 0.29) is 37.2 Å². The number of anilines is 2. The lowest BCUT2D eigenvalue weighted by Gasteiger charge is -2.32. The van der Waals surface area contributed by atoms with Crippen molar-refractivity contribution in [2.45, 2.75) is 18.9 Å². The van der Waals surface area contributed by atoms with Gasteiger partial charge in [0.25, 0.3) is 0 Å². The van der Waals surface area contributed by atoms with Crippen LogP contribution in [-0.4, -0.2) is 43.0 Å². The molecule has 3 aromatic rings. The molecule has 1 atom stereocenters. The van der Waals surface area contributed by atoms with E-state index in [1.54, 1.807) is 18.2 Å². The molecule has 0 aliphatic carbocycles. The number of aromatic nitrogens is 1. The van der Waals surface area contributed by atoms with Crippen LogP contribution in [0.25, 0.3) is 0 Å². The molecule has 0 aliphatic heterocycles. The van der Waals surface area contributed by atoms with Crippen molar-refractivity contribution in [3.8, 4) is 0 Å². The molecule has 0 aliphatic rings. The number of carbonyl (C=O) groups is 3. The fourth-order valence-electron chi connectivity index (χ4n) is 3.48. The van der Waals surface area contributed by atoms with E-state index < -0.39 is 35.4 Å². The van der Waals surface area contributed by atoms with Crippen molar-refractivity contribution in [1.82, 2.24) is 10.3 Å². The number of benzene rings is 2. The van der Waals surface area contributed by atoms with E-state index in [2.05, 4.69) is 15.6 Å². The summed E-state index contributed by atoms with van der Waals surface area (Å²) in [5, 5.41) is 5.24. The summed E-state index contributed by atoms with van der Waals surface area (Å²) in [5.41, 5.74) is 0.115. The molecule has 1 aromatic heterocycles. The standard InChI is InChI=1S/C26H26F2N4O4/c1-36-17-16-30-26(35)25(18-9-11-19(27)12-10-18)32(21-7-3-2-6-20(21)28)24(34)14-13-23(33)31-22-8-4-5-15-29-22/h2-12,15,25H,13-14,16-17H2,1H3,(H,30,35)(H,29,31,33)/t25-/m1/s1. The van der Waals surface area contributed by atoms with Gasteiger partial charge in [-0.1, -0.05) is 30.3 Å². The average Bonchev–Trinajstić information content (AvgIpc) is 2.88. The molecule has 1 heterocycles. The van der Waals surface area contributed by atoms with Crippen LogP contribution in [0.3, 0.4) is 0 Å². The van der Waals surface area contributed by atoms with Crippen LogP contribution < -0.4 is 15.5 Å². The van der Waals surface area contributed by atoms with E-state index in [4.69, 9.17) is 4.74 Å². The lowest BCUT2D eigenvalue weighted by Crippen LogP contribution is -2.45. The van der Waals surface area contributed by atoms with Gasteiger partial charge in [-0.05, 0) is 42.0 Å². The first-order chi connectivity index (χ1) is 17.4. The van der Waals surface area contributed by atoms with Gasteiger partial charge in [-0.15, -0.1) is 0 Å². The third-order valence-corrected chi connectivity index (χ3v) is 5.18. The lowest BCUT2D eigenvalue weighted by atomic mass is 10.0. The summed E-state index contributed by atoms with van der Waals surface area (Å²) in [6.45, 7) is 0.349. The van der Waals surface area contributed by atoms with E-state index >= 15 is 0 Å². The zero-order valence-corrected chi connectivity index (χ0v) is 19.6. The number of ether oxygens (including phenoxy) is 1. The average molecular weight is 497 g/mol. The summed E-state index contributed by atoms with van der Waals surface area (Å²) in [4.78, 5) is 44.1. The van der Waals surface area contributed by atoms with Gasteiger partial charge in [0.05, 0.1) is 12.3 Å². The van der Waals surface area contributed by atoms with Gasteiger partial charge in [-0.3, -0.25) is 19.3 Å². The van der Waals surface area contributed by atoms with Gasteiger partial charge in [0.2, 0.25) is 17.7 Å². The zero-order chi connectivity index (χ0) is 25.9. The van der Waals surface area contributed by atoms with Gasteiger partial charge in [-0.25, -0.2) is 13.8 Å². The number of carbonyl (C=O) groups excluding carboxylic acids is 3. The molecule has 2 N–H and O–H groups in total. The Morgan fingerprint density at radius 1 is 0.972 bits per heavy atom. The van der Waals surface area contributed by atoms with Gasteiger partial charge in [0.15, 0.2) is 0 Å². The first-order valence-electron chi connectivity index (χ1n) is 11.2. The maximum absolute atomic E-state index is 14.9. The molecule has 0 radical (unpaired) electrons. The summed E-state index contributed by atoms with van der Waals surface area (Å²) in [6.07, 6.45) is 0.952. The Hall–Kier alpha value is -4.18. The first-order valence-corrected chi connectivity index (χ1v) is 11.2. The topological polar surface area (TPSA) is 101 Å². The van der Waals surface area contributed by atoms with Crippen LogP contribution in [0.1, 0.15) is 24.4 Å². The molecule has 3 rings (SSSR count). The Bertz CT molecular complexity index is 1180. The van der Waals surface area contributed by atoms with Crippen LogP contribution in [0.4, 0.5) is 20.3 Å². The van der Waals surface area contributed by atoms with Gasteiger partial charge in [0, 0.05) is 32.7 Å². The Morgan fingerprint density at radius 3 is 2.36 bits per heavy atom. The molecular weight excluding hydrogens is 470 g/mol. The van der Waals surface area contributed by atoms with Crippen molar-refractivity contribution in [2.75, 3.05) is 30.5 Å². The number of amides is 3. The number of pyridine rings is 1. The van der Waals surface area contributed by atoms with Crippen LogP contribution in [-0.2, 0) is 19.1 Å². The predicted molar refractivity (Wildman–Crippen MR) is 130 cm³/mol. The van der Waals surface area contributed by atoms with E-state index in [1.807, 2.05) is 0 Å². The van der Waals surface area contributed by atoms with E-state index in [9.17, 15) is 23.2 Å². The van der Waals surface area contributed by atoms with Crippen molar-refractivity contribution in [3.05, 3.63) is 90.1 Å². The Kier molecular flexibility index (Phi) is 9.58. The number of halogens is 2. The second-order valence-corrected chi connectivity index (χ2v) is 7.72. The summed E-state index contributed by atoms with van der Waals surface area (Å²) < 4.78 is 33.5. The Labute approximate surface area is 207 Å². The van der Waals surface area contributed by atoms with Gasteiger partial charge in [0.1, 0.15) is 23.5 Å². The van der Waals surface area contributed by atoms with Gasteiger partial charge in [-0.2, -0.15) is 0 Å². The maximum atomic E-state index is 14.9. The highest BCUT2D eigenvalue weighted by atomic mass is 19.1. The predicted octanol–water partition coefficient (Wildman–Crippen LogP) is 3.62. The molecule has 3 amide bonds. The summed E-state index contributed by atoms with van der Waals surface area (Å²) in [7, 11) is 1.47. The summed E-state index contributed by atoms with van der Waals surface area (Å²) in [5.74, 6) is -2.71. The number of para-hydroxylation sites is 1. The number of methoxy groups -OCH3 is 1. The summed E-state index contributed by atoms with van der Waals surface area (Å²) in [6, 6.07) is 14.2.